The second-order valence-corrected chi connectivity index (χ2v) is 7.50. The lowest BCUT2D eigenvalue weighted by Crippen LogP contribution is -2.24. The molecule has 0 unspecified atom stereocenters. The van der Waals surface area contributed by atoms with Crippen LogP contribution in [-0.4, -0.2) is 11.8 Å². The third kappa shape index (κ3) is 6.11. The summed E-state index contributed by atoms with van der Waals surface area (Å²) in [7, 11) is 0. The van der Waals surface area contributed by atoms with Crippen LogP contribution in [0.3, 0.4) is 0 Å². The van der Waals surface area contributed by atoms with Gasteiger partial charge in [0.25, 0.3) is 0 Å². The van der Waals surface area contributed by atoms with Crippen LogP contribution in [-0.2, 0) is 15.0 Å². The maximum absolute atomic E-state index is 11.4. The molecule has 0 atom stereocenters. The highest BCUT2D eigenvalue weighted by molar-refractivity contribution is 5.94. The zero-order chi connectivity index (χ0) is 16.3. The summed E-state index contributed by atoms with van der Waals surface area (Å²) in [5.74, 6) is -0.219. The summed E-state index contributed by atoms with van der Waals surface area (Å²) in [5.41, 5.74) is 1.51. The van der Waals surface area contributed by atoms with Crippen LogP contribution < -0.4 is 4.74 Å². The second-order valence-electron chi connectivity index (χ2n) is 7.50. The Morgan fingerprint density at radius 3 is 1.95 bits per heavy atom. The second kappa shape index (κ2) is 6.42. The molecule has 116 valence electrons. The first-order valence-corrected chi connectivity index (χ1v) is 7.30. The Labute approximate surface area is 127 Å². The molecule has 3 heteroatoms. The maximum Gasteiger partial charge on any atom is 0.318 e. The van der Waals surface area contributed by atoms with Crippen LogP contribution in [0.4, 0.5) is 0 Å². The Bertz CT molecular complexity index is 504. The quantitative estimate of drug-likeness (QED) is 0.461. The fourth-order valence-electron chi connectivity index (χ4n) is 2.77. The van der Waals surface area contributed by atoms with Crippen molar-refractivity contribution in [3.63, 3.8) is 0 Å². The first-order valence-electron chi connectivity index (χ1n) is 7.30. The Balaban J connectivity index is 2.78. The van der Waals surface area contributed by atoms with Crippen molar-refractivity contribution < 1.29 is 14.3 Å². The summed E-state index contributed by atoms with van der Waals surface area (Å²) in [5, 5.41) is 0. The molecule has 0 aliphatic heterocycles. The molecule has 0 spiro atoms. The molecule has 0 N–H and O–H groups in total. The minimum atomic E-state index is -0.510. The molecule has 3 nitrogen and oxygen atoms in total. The van der Waals surface area contributed by atoms with E-state index < -0.39 is 5.97 Å². The van der Waals surface area contributed by atoms with Crippen molar-refractivity contribution in [2.75, 3.05) is 0 Å². The lowest BCUT2D eigenvalue weighted by molar-refractivity contribution is -0.137. The van der Waals surface area contributed by atoms with Crippen molar-refractivity contribution in [1.29, 1.82) is 0 Å². The minimum absolute atomic E-state index is 0.0557. The molecule has 1 aromatic rings. The molecule has 0 aliphatic carbocycles. The largest absolute Gasteiger partial charge is 0.426 e. The van der Waals surface area contributed by atoms with Crippen molar-refractivity contribution in [3.8, 4) is 5.75 Å². The molecular formula is C18H26O3. The summed E-state index contributed by atoms with van der Waals surface area (Å²) >= 11 is 0. The fourth-order valence-corrected chi connectivity index (χ4v) is 2.77. The van der Waals surface area contributed by atoms with Gasteiger partial charge in [-0.2, -0.15) is 0 Å². The number of Topliss-reactive ketones (excluding diaryl/α,β-unsaturated/α-hetero) is 1. The van der Waals surface area contributed by atoms with Gasteiger partial charge in [-0.1, -0.05) is 46.8 Å². The van der Waals surface area contributed by atoms with Crippen molar-refractivity contribution in [2.45, 2.75) is 59.8 Å². The number of ketones is 1. The lowest BCUT2D eigenvalue weighted by Gasteiger charge is -2.33. The molecule has 0 fully saturated rings. The van der Waals surface area contributed by atoms with E-state index in [9.17, 15) is 9.59 Å². The number of benzene rings is 1. The normalized spacial score (nSPS) is 12.1. The average Bonchev–Trinajstić information content (AvgIpc) is 2.24. The van der Waals surface area contributed by atoms with E-state index in [2.05, 4.69) is 34.6 Å². The molecule has 21 heavy (non-hydrogen) atoms. The Morgan fingerprint density at radius 2 is 1.52 bits per heavy atom. The number of esters is 1. The number of carbonyl (C=O) groups is 2. The van der Waals surface area contributed by atoms with Crippen LogP contribution in [0.15, 0.2) is 24.3 Å². The van der Waals surface area contributed by atoms with Crippen molar-refractivity contribution in [2.24, 2.45) is 5.41 Å². The van der Waals surface area contributed by atoms with Crippen molar-refractivity contribution in [1.82, 2.24) is 0 Å². The van der Waals surface area contributed by atoms with Gasteiger partial charge in [-0.3, -0.25) is 9.59 Å². The van der Waals surface area contributed by atoms with Gasteiger partial charge in [-0.25, -0.2) is 0 Å². The first kappa shape index (κ1) is 17.4. The molecule has 1 rings (SSSR count). The maximum atomic E-state index is 11.4. The van der Waals surface area contributed by atoms with E-state index in [-0.39, 0.29) is 23.0 Å². The van der Waals surface area contributed by atoms with E-state index in [4.69, 9.17) is 4.74 Å². The minimum Gasteiger partial charge on any atom is -0.426 e. The number of hydrogen-bond acceptors (Lipinski definition) is 3. The van der Waals surface area contributed by atoms with Gasteiger partial charge in [-0.15, -0.1) is 0 Å². The number of rotatable bonds is 5. The van der Waals surface area contributed by atoms with Gasteiger partial charge in [0.1, 0.15) is 18.0 Å². The fraction of sp³-hybridized carbons (Fsp3) is 0.556. The first-order chi connectivity index (χ1) is 9.49. The van der Waals surface area contributed by atoms with Crippen LogP contribution in [0.1, 0.15) is 59.9 Å². The Kier molecular flexibility index (Phi) is 5.32. The topological polar surface area (TPSA) is 43.4 Å². The highest BCUT2D eigenvalue weighted by Gasteiger charge is 2.27. The summed E-state index contributed by atoms with van der Waals surface area (Å²) in [6, 6.07) is 7.56. The van der Waals surface area contributed by atoms with Gasteiger partial charge in [0.2, 0.25) is 0 Å². The van der Waals surface area contributed by atoms with Gasteiger partial charge in [0, 0.05) is 0 Å². The van der Waals surface area contributed by atoms with Gasteiger partial charge in [-0.05, 0) is 41.9 Å². The van der Waals surface area contributed by atoms with Crippen molar-refractivity contribution in [3.05, 3.63) is 29.8 Å². The van der Waals surface area contributed by atoms with Crippen molar-refractivity contribution >= 4 is 11.8 Å². The molecule has 0 aliphatic rings. The molecule has 0 amide bonds. The Hall–Kier alpha value is -1.64. The van der Waals surface area contributed by atoms with E-state index in [0.717, 1.165) is 6.42 Å². The molecule has 1 aromatic carbocycles. The van der Waals surface area contributed by atoms with Crippen LogP contribution in [0.25, 0.3) is 0 Å². The van der Waals surface area contributed by atoms with Crippen LogP contribution >= 0.6 is 0 Å². The van der Waals surface area contributed by atoms with Gasteiger partial charge in [0.05, 0.1) is 0 Å². The number of hydrogen-bond donors (Lipinski definition) is 0. The number of carbonyl (C=O) groups excluding carboxylic acids is 2. The number of ether oxygens (including phenoxy) is 1. The van der Waals surface area contributed by atoms with E-state index in [0.29, 0.717) is 5.75 Å². The standard InChI is InChI=1S/C18H26O3/c1-13(19)11-16(20)21-15-9-7-14(8-10-15)18(5,6)12-17(2,3)4/h7-10H,11-12H2,1-6H3. The highest BCUT2D eigenvalue weighted by Crippen LogP contribution is 2.36. The van der Waals surface area contributed by atoms with Gasteiger partial charge in [0.15, 0.2) is 0 Å². The zero-order valence-electron chi connectivity index (χ0n) is 13.9. The summed E-state index contributed by atoms with van der Waals surface area (Å²) in [6.07, 6.45) is 0.876. The molecule has 0 bridgehead atoms. The van der Waals surface area contributed by atoms with E-state index >= 15 is 0 Å². The van der Waals surface area contributed by atoms with Crippen LogP contribution in [0.5, 0.6) is 5.75 Å². The third-order valence-corrected chi connectivity index (χ3v) is 3.23. The predicted octanol–water partition coefficient (Wildman–Crippen LogP) is 4.28. The van der Waals surface area contributed by atoms with E-state index in [1.165, 1.54) is 12.5 Å². The summed E-state index contributed by atoms with van der Waals surface area (Å²) in [4.78, 5) is 22.3. The summed E-state index contributed by atoms with van der Waals surface area (Å²) < 4.78 is 5.13. The molecular weight excluding hydrogens is 264 g/mol. The lowest BCUT2D eigenvalue weighted by atomic mass is 9.72. The zero-order valence-corrected chi connectivity index (χ0v) is 13.9. The highest BCUT2D eigenvalue weighted by atomic mass is 16.5. The molecule has 0 saturated heterocycles. The molecule has 0 saturated carbocycles. The van der Waals surface area contributed by atoms with E-state index in [1.807, 2.05) is 12.1 Å². The summed E-state index contributed by atoms with van der Waals surface area (Å²) in [6.45, 7) is 12.5. The van der Waals surface area contributed by atoms with Gasteiger partial charge >= 0.3 is 5.97 Å². The molecule has 0 aromatic heterocycles. The molecule has 0 heterocycles. The Morgan fingerprint density at radius 1 is 1.00 bits per heavy atom. The third-order valence-electron chi connectivity index (χ3n) is 3.23. The monoisotopic (exact) mass is 290 g/mol. The van der Waals surface area contributed by atoms with Crippen LogP contribution in [0.2, 0.25) is 0 Å². The predicted molar refractivity (Wildman–Crippen MR) is 84.5 cm³/mol. The van der Waals surface area contributed by atoms with Gasteiger partial charge < -0.3 is 4.74 Å². The van der Waals surface area contributed by atoms with E-state index in [1.54, 1.807) is 12.1 Å². The average molecular weight is 290 g/mol. The smallest absolute Gasteiger partial charge is 0.318 e. The SMILES string of the molecule is CC(=O)CC(=O)Oc1ccc(C(C)(C)CC(C)(C)C)cc1. The van der Waals surface area contributed by atoms with Crippen LogP contribution in [0, 0.1) is 5.41 Å². The molecule has 0 radical (unpaired) electrons.